The van der Waals surface area contributed by atoms with E-state index in [2.05, 4.69) is 10.3 Å². The molecular weight excluding hydrogens is 625 g/mol. The SMILES string of the molecule is COC(=O)[C@H](Cc1cn(Cc2ccccc2)cn1)NC(=O)C1CCN(c2cc(Cl)ccc2N([O-])I=O)CC1. The second kappa shape index (κ2) is 13.2. The number of amides is 1. The van der Waals surface area contributed by atoms with Crippen molar-refractivity contribution < 1.29 is 17.4 Å². The van der Waals surface area contributed by atoms with Crippen LogP contribution in [0.15, 0.2) is 61.1 Å². The quantitative estimate of drug-likeness (QED) is 0.150. The summed E-state index contributed by atoms with van der Waals surface area (Å²) in [7, 11) is 1.29. The number of nitrogens with zero attached hydrogens (tertiary/aromatic N) is 4. The molecule has 0 radical (unpaired) electrons. The van der Waals surface area contributed by atoms with Gasteiger partial charge in [-0.1, -0.05) is 41.9 Å². The monoisotopic (exact) mass is 652 g/mol. The molecular formula is C26H28ClIN5O5-. The van der Waals surface area contributed by atoms with E-state index in [1.807, 2.05) is 46.0 Å². The highest BCUT2D eigenvalue weighted by Gasteiger charge is 2.30. The smallest absolute Gasteiger partial charge is 0.328 e. The lowest BCUT2D eigenvalue weighted by atomic mass is 9.94. The average Bonchev–Trinajstić information content (AvgIpc) is 3.38. The van der Waals surface area contributed by atoms with Gasteiger partial charge in [0.25, 0.3) is 21.5 Å². The Hall–Kier alpha value is -3.03. The van der Waals surface area contributed by atoms with Gasteiger partial charge in [0.05, 0.1) is 30.5 Å². The van der Waals surface area contributed by atoms with Gasteiger partial charge in [-0.2, -0.15) is 0 Å². The number of carbonyl (C=O) groups is 2. The van der Waals surface area contributed by atoms with Crippen LogP contribution in [0.4, 0.5) is 11.4 Å². The Morgan fingerprint density at radius 2 is 1.97 bits per heavy atom. The number of hydrogen-bond acceptors (Lipinski definition) is 7. The maximum atomic E-state index is 13.1. The molecule has 0 unspecified atom stereocenters. The first-order valence-electron chi connectivity index (χ1n) is 12.1. The molecule has 1 atom stereocenters. The highest BCUT2D eigenvalue weighted by molar-refractivity contribution is 14.1. The predicted molar refractivity (Wildman–Crippen MR) is 152 cm³/mol. The number of anilines is 2. The summed E-state index contributed by atoms with van der Waals surface area (Å²) in [5.74, 6) is -1.08. The van der Waals surface area contributed by atoms with Crippen LogP contribution >= 0.6 is 33.1 Å². The Morgan fingerprint density at radius 3 is 2.66 bits per heavy atom. The zero-order valence-corrected chi connectivity index (χ0v) is 23.7. The summed E-state index contributed by atoms with van der Waals surface area (Å²) in [4.78, 5) is 32.0. The van der Waals surface area contributed by atoms with Crippen LogP contribution in [-0.2, 0) is 30.4 Å². The molecule has 38 heavy (non-hydrogen) atoms. The van der Waals surface area contributed by atoms with Crippen molar-refractivity contribution >= 4 is 56.3 Å². The van der Waals surface area contributed by atoms with E-state index in [9.17, 15) is 17.9 Å². The normalized spacial score (nSPS) is 14.7. The summed E-state index contributed by atoms with van der Waals surface area (Å²) in [5.41, 5.74) is 2.70. The standard InChI is InChI=1S/C26H28ClIN5O5/c1-38-26(35)22(14-21-16-31(17-29-21)15-18-5-3-2-4-6-18)30-25(34)19-9-11-32(12-10-19)24-13-20(27)7-8-23(24)33(37)28-36/h2-8,13,16-17,19,22H,9-12,14-15H2,1H3,(H,30,34)/q-1/t22-/m0/s1. The summed E-state index contributed by atoms with van der Waals surface area (Å²) in [6.45, 7) is 1.66. The Kier molecular flexibility index (Phi) is 9.69. The van der Waals surface area contributed by atoms with E-state index in [1.54, 1.807) is 24.5 Å². The lowest BCUT2D eigenvalue weighted by Gasteiger charge is -2.36. The summed E-state index contributed by atoms with van der Waals surface area (Å²) >= 11 is 4.23. The number of hydrogen-bond donors (Lipinski definition) is 1. The first-order chi connectivity index (χ1) is 18.4. The maximum Gasteiger partial charge on any atom is 0.328 e. The van der Waals surface area contributed by atoms with E-state index in [4.69, 9.17) is 16.3 Å². The van der Waals surface area contributed by atoms with Crippen molar-refractivity contribution in [3.8, 4) is 0 Å². The Morgan fingerprint density at radius 1 is 1.24 bits per heavy atom. The number of halogens is 2. The lowest BCUT2D eigenvalue weighted by molar-refractivity contribution is -0.145. The Labute approximate surface area is 236 Å². The summed E-state index contributed by atoms with van der Waals surface area (Å²) < 4.78 is 18.6. The zero-order valence-electron chi connectivity index (χ0n) is 20.8. The predicted octanol–water partition coefficient (Wildman–Crippen LogP) is 4.24. The topological polar surface area (TPSA) is 120 Å². The maximum absolute atomic E-state index is 13.1. The minimum Gasteiger partial charge on any atom is -0.747 e. The average molecular weight is 653 g/mol. The number of imidazole rings is 1. The number of methoxy groups -OCH3 is 1. The summed E-state index contributed by atoms with van der Waals surface area (Å²) in [6.07, 6.45) is 4.81. The minimum absolute atomic E-state index is 0.211. The number of rotatable bonds is 10. The highest BCUT2D eigenvalue weighted by atomic mass is 127. The van der Waals surface area contributed by atoms with Crippen molar-refractivity contribution in [3.05, 3.63) is 82.5 Å². The fourth-order valence-corrected chi connectivity index (χ4v) is 5.33. The number of benzene rings is 2. The van der Waals surface area contributed by atoms with Gasteiger partial charge < -0.3 is 28.0 Å². The number of esters is 1. The fourth-order valence-electron chi connectivity index (χ4n) is 4.55. The molecule has 10 nitrogen and oxygen atoms in total. The second-order valence-electron chi connectivity index (χ2n) is 9.02. The van der Waals surface area contributed by atoms with Crippen LogP contribution in [0, 0.1) is 11.1 Å². The van der Waals surface area contributed by atoms with E-state index in [0.29, 0.717) is 57.8 Å². The van der Waals surface area contributed by atoms with Crippen molar-refractivity contribution in [2.24, 2.45) is 5.92 Å². The van der Waals surface area contributed by atoms with Crippen molar-refractivity contribution in [1.29, 1.82) is 0 Å². The van der Waals surface area contributed by atoms with Gasteiger partial charge in [0.1, 0.15) is 6.04 Å². The molecule has 1 aliphatic heterocycles. The van der Waals surface area contributed by atoms with Crippen molar-refractivity contribution in [3.63, 3.8) is 0 Å². The molecule has 1 fully saturated rings. The zero-order chi connectivity index (χ0) is 27.1. The molecule has 1 saturated heterocycles. The Balaban J connectivity index is 1.37. The Bertz CT molecular complexity index is 1270. The van der Waals surface area contributed by atoms with Crippen LogP contribution in [0.3, 0.4) is 0 Å². The molecule has 0 spiro atoms. The summed E-state index contributed by atoms with van der Waals surface area (Å²) in [5, 5.41) is 15.4. The third kappa shape index (κ3) is 7.08. The number of piperidine rings is 1. The molecule has 3 aromatic rings. The third-order valence-corrected chi connectivity index (χ3v) is 7.62. The number of ether oxygens (including phenoxy) is 1. The van der Waals surface area contributed by atoms with Gasteiger partial charge in [0.2, 0.25) is 5.91 Å². The first kappa shape index (κ1) is 28.0. The van der Waals surface area contributed by atoms with Crippen molar-refractivity contribution in [1.82, 2.24) is 14.9 Å². The molecule has 12 heteroatoms. The number of nitrogens with one attached hydrogen (secondary N) is 1. The second-order valence-corrected chi connectivity index (χ2v) is 10.7. The third-order valence-electron chi connectivity index (χ3n) is 6.51. The van der Waals surface area contributed by atoms with E-state index in [1.165, 1.54) is 7.11 Å². The summed E-state index contributed by atoms with van der Waals surface area (Å²) in [6, 6.07) is 13.9. The van der Waals surface area contributed by atoms with Gasteiger partial charge in [0.15, 0.2) is 0 Å². The molecule has 4 rings (SSSR count). The van der Waals surface area contributed by atoms with Crippen LogP contribution in [-0.4, -0.2) is 47.7 Å². The van der Waals surface area contributed by atoms with Crippen molar-refractivity contribution in [2.75, 3.05) is 28.4 Å². The molecule has 1 aromatic heterocycles. The molecule has 1 aliphatic rings. The molecule has 0 aliphatic carbocycles. The van der Waals surface area contributed by atoms with E-state index in [0.717, 1.165) is 5.56 Å². The highest BCUT2D eigenvalue weighted by Crippen LogP contribution is 2.36. The molecule has 1 N–H and O–H groups in total. The van der Waals surface area contributed by atoms with Crippen LogP contribution in [0.1, 0.15) is 24.1 Å². The van der Waals surface area contributed by atoms with Gasteiger partial charge in [-0.15, -0.1) is 0 Å². The number of carbonyl (C=O) groups excluding carboxylic acids is 2. The molecule has 1 amide bonds. The molecule has 2 heterocycles. The van der Waals surface area contributed by atoms with Crippen LogP contribution in [0.2, 0.25) is 5.02 Å². The van der Waals surface area contributed by atoms with Crippen LogP contribution < -0.4 is 13.5 Å². The number of aromatic nitrogens is 2. The largest absolute Gasteiger partial charge is 0.747 e. The molecule has 202 valence electrons. The van der Waals surface area contributed by atoms with Gasteiger partial charge in [-0.25, -0.2) is 12.8 Å². The van der Waals surface area contributed by atoms with E-state index < -0.39 is 33.5 Å². The molecule has 0 bridgehead atoms. The molecule has 2 aromatic carbocycles. The van der Waals surface area contributed by atoms with Gasteiger partial charge >= 0.3 is 5.97 Å². The van der Waals surface area contributed by atoms with E-state index in [-0.39, 0.29) is 18.2 Å². The van der Waals surface area contributed by atoms with Crippen LogP contribution in [0.5, 0.6) is 0 Å². The minimum atomic E-state index is -1.91. The fraction of sp³-hybridized carbons (Fsp3) is 0.346. The molecule has 0 saturated carbocycles. The van der Waals surface area contributed by atoms with E-state index >= 15 is 0 Å². The van der Waals surface area contributed by atoms with Gasteiger partial charge in [-0.3, -0.25) is 4.79 Å². The van der Waals surface area contributed by atoms with Gasteiger partial charge in [-0.05, 0) is 36.6 Å². The first-order valence-corrected chi connectivity index (χ1v) is 14.3. The lowest BCUT2D eigenvalue weighted by Crippen LogP contribution is -2.48. The van der Waals surface area contributed by atoms with Crippen LogP contribution in [0.25, 0.3) is 0 Å². The van der Waals surface area contributed by atoms with Gasteiger partial charge in [0, 0.05) is 43.2 Å². The van der Waals surface area contributed by atoms with Crippen molar-refractivity contribution in [2.45, 2.75) is 31.8 Å².